The molecule has 3 aromatic rings. The van der Waals surface area contributed by atoms with E-state index in [9.17, 15) is 37.9 Å². The summed E-state index contributed by atoms with van der Waals surface area (Å²) < 4.78 is 58.8. The Morgan fingerprint density at radius 1 is 1.04 bits per heavy atom. The van der Waals surface area contributed by atoms with E-state index in [0.717, 1.165) is 35.8 Å². The summed E-state index contributed by atoms with van der Waals surface area (Å²) >= 11 is 0. The van der Waals surface area contributed by atoms with Crippen LogP contribution in [0.1, 0.15) is 84.1 Å². The second-order valence-electron chi connectivity index (χ2n) is 13.0. The predicted octanol–water partition coefficient (Wildman–Crippen LogP) is 6.64. The zero-order valence-corrected chi connectivity index (χ0v) is 27.7. The van der Waals surface area contributed by atoms with Crippen LogP contribution in [0.15, 0.2) is 41.3 Å². The highest BCUT2D eigenvalue weighted by Gasteiger charge is 2.36. The minimum atomic E-state index is -4.78. The normalized spacial score (nSPS) is 14.7. The maximum Gasteiger partial charge on any atom is 0.416 e. The van der Waals surface area contributed by atoms with Crippen LogP contribution in [0.2, 0.25) is 0 Å². The minimum Gasteiger partial charge on any atom is -0.481 e. The number of amides is 1. The molecule has 0 aliphatic carbocycles. The number of carboxylic acid groups (broad SMARTS) is 1. The van der Waals surface area contributed by atoms with E-state index < -0.39 is 53.5 Å². The first-order valence-corrected chi connectivity index (χ1v) is 15.9. The number of nitrogens with one attached hydrogen (secondary N) is 1. The van der Waals surface area contributed by atoms with Gasteiger partial charge in [-0.1, -0.05) is 13.8 Å². The van der Waals surface area contributed by atoms with Gasteiger partial charge in [0.05, 0.1) is 29.7 Å². The number of aliphatic carboxylic acids is 1. The Bertz CT molecular complexity index is 1810. The number of hydrogen-bond acceptors (Lipinski definition) is 5. The van der Waals surface area contributed by atoms with E-state index >= 15 is 4.39 Å². The molecule has 2 unspecified atom stereocenters. The first kappa shape index (κ1) is 36.3. The standard InChI is InChI=1S/C36H40F4N4O4/c1-20(2)11-31(44-19-24(7-10-43-8-6-9-43)29(16-32(44)45)36(38,39)40)35(48)42-30(17-33(46)47)28-15-25(13-23(5)34(28)37)27-14-21(3)26(18-41)12-22(27)4/h12-16,19-20,30-31H,6-11,17H2,1-5H3,(H,42,48)(H,46,47). The molecule has 0 saturated carbocycles. The molecule has 1 aliphatic rings. The lowest BCUT2D eigenvalue weighted by atomic mass is 9.90. The number of rotatable bonds is 12. The van der Waals surface area contributed by atoms with Crippen LogP contribution in [-0.4, -0.2) is 46.1 Å². The molecule has 1 aliphatic heterocycles. The number of benzene rings is 2. The van der Waals surface area contributed by atoms with E-state index in [-0.39, 0.29) is 35.4 Å². The fraction of sp³-hybridized carbons (Fsp3) is 0.444. The van der Waals surface area contributed by atoms with Gasteiger partial charge in [0, 0.05) is 24.4 Å². The summed E-state index contributed by atoms with van der Waals surface area (Å²) in [5.74, 6) is -3.07. The topological polar surface area (TPSA) is 115 Å². The number of carbonyl (C=O) groups is 2. The lowest BCUT2D eigenvalue weighted by Crippen LogP contribution is -2.41. The molecule has 48 heavy (non-hydrogen) atoms. The maximum atomic E-state index is 15.8. The number of carboxylic acids is 1. The number of likely N-dealkylation sites (tertiary alicyclic amines) is 1. The van der Waals surface area contributed by atoms with Crippen molar-refractivity contribution in [3.63, 3.8) is 0 Å². The Morgan fingerprint density at radius 3 is 2.29 bits per heavy atom. The molecule has 12 heteroatoms. The number of carbonyl (C=O) groups excluding carboxylic acids is 1. The van der Waals surface area contributed by atoms with Crippen molar-refractivity contribution in [2.24, 2.45) is 5.92 Å². The van der Waals surface area contributed by atoms with Gasteiger partial charge in [-0.25, -0.2) is 4.39 Å². The zero-order chi connectivity index (χ0) is 35.5. The highest BCUT2D eigenvalue weighted by atomic mass is 19.4. The van der Waals surface area contributed by atoms with Gasteiger partial charge in [-0.05, 0) is 117 Å². The van der Waals surface area contributed by atoms with Gasteiger partial charge in [0.1, 0.15) is 11.9 Å². The fourth-order valence-electron chi connectivity index (χ4n) is 6.11. The largest absolute Gasteiger partial charge is 0.481 e. The van der Waals surface area contributed by atoms with Crippen molar-refractivity contribution in [1.29, 1.82) is 5.26 Å². The average Bonchev–Trinajstić information content (AvgIpc) is 2.96. The van der Waals surface area contributed by atoms with Gasteiger partial charge in [0.25, 0.3) is 5.56 Å². The predicted molar refractivity (Wildman–Crippen MR) is 173 cm³/mol. The van der Waals surface area contributed by atoms with Crippen LogP contribution in [0, 0.1) is 43.8 Å². The third kappa shape index (κ3) is 8.31. The molecular formula is C36H40F4N4O4. The van der Waals surface area contributed by atoms with Crippen LogP contribution in [0.4, 0.5) is 17.6 Å². The monoisotopic (exact) mass is 668 g/mol. The summed E-state index contributed by atoms with van der Waals surface area (Å²) in [6.45, 7) is 10.5. The number of pyridine rings is 1. The average molecular weight is 669 g/mol. The molecule has 256 valence electrons. The highest BCUT2D eigenvalue weighted by Crippen LogP contribution is 2.35. The van der Waals surface area contributed by atoms with E-state index in [1.54, 1.807) is 45.9 Å². The number of nitrogens with zero attached hydrogens (tertiary/aromatic N) is 3. The van der Waals surface area contributed by atoms with Crippen LogP contribution in [-0.2, 0) is 22.2 Å². The molecule has 1 saturated heterocycles. The first-order chi connectivity index (χ1) is 22.5. The summed E-state index contributed by atoms with van der Waals surface area (Å²) in [4.78, 5) is 41.2. The van der Waals surface area contributed by atoms with Crippen LogP contribution in [0.3, 0.4) is 0 Å². The summed E-state index contributed by atoms with van der Waals surface area (Å²) in [5, 5.41) is 21.8. The number of hydrogen-bond donors (Lipinski definition) is 2. The molecule has 4 rings (SSSR count). The lowest BCUT2D eigenvalue weighted by Gasteiger charge is -2.31. The highest BCUT2D eigenvalue weighted by molar-refractivity contribution is 5.82. The van der Waals surface area contributed by atoms with Crippen LogP contribution in [0.5, 0.6) is 0 Å². The smallest absolute Gasteiger partial charge is 0.416 e. The number of aromatic nitrogens is 1. The number of alkyl halides is 3. The maximum absolute atomic E-state index is 15.8. The summed E-state index contributed by atoms with van der Waals surface area (Å²) in [6.07, 6.45) is -3.38. The van der Waals surface area contributed by atoms with E-state index in [4.69, 9.17) is 0 Å². The van der Waals surface area contributed by atoms with E-state index in [2.05, 4.69) is 11.4 Å². The van der Waals surface area contributed by atoms with Crippen molar-refractivity contribution in [3.8, 4) is 17.2 Å². The van der Waals surface area contributed by atoms with Gasteiger partial charge >= 0.3 is 12.1 Å². The third-order valence-corrected chi connectivity index (χ3v) is 8.80. The van der Waals surface area contributed by atoms with Gasteiger partial charge in [-0.2, -0.15) is 18.4 Å². The van der Waals surface area contributed by atoms with Crippen molar-refractivity contribution in [1.82, 2.24) is 14.8 Å². The van der Waals surface area contributed by atoms with E-state index in [1.165, 1.54) is 13.0 Å². The quantitative estimate of drug-likeness (QED) is 0.209. The zero-order valence-electron chi connectivity index (χ0n) is 27.7. The third-order valence-electron chi connectivity index (χ3n) is 8.80. The second kappa shape index (κ2) is 14.7. The summed E-state index contributed by atoms with van der Waals surface area (Å²) in [6, 6.07) is 6.50. The molecule has 1 amide bonds. The molecule has 0 spiro atoms. The van der Waals surface area contributed by atoms with E-state index in [0.29, 0.717) is 34.9 Å². The van der Waals surface area contributed by atoms with Crippen LogP contribution >= 0.6 is 0 Å². The lowest BCUT2D eigenvalue weighted by molar-refractivity contribution is -0.139. The molecule has 1 fully saturated rings. The minimum absolute atomic E-state index is 0.0122. The molecular weight excluding hydrogens is 628 g/mol. The Kier molecular flexibility index (Phi) is 11.1. The molecule has 2 N–H and O–H groups in total. The van der Waals surface area contributed by atoms with E-state index in [1.807, 2.05) is 4.90 Å². The van der Waals surface area contributed by atoms with Gasteiger partial charge < -0.3 is 19.9 Å². The molecule has 0 radical (unpaired) electrons. The van der Waals surface area contributed by atoms with Crippen LogP contribution < -0.4 is 10.9 Å². The molecule has 2 heterocycles. The summed E-state index contributed by atoms with van der Waals surface area (Å²) in [5.41, 5.74) is 1.03. The Morgan fingerprint density at radius 2 is 1.73 bits per heavy atom. The molecule has 8 nitrogen and oxygen atoms in total. The van der Waals surface area contributed by atoms with Gasteiger partial charge in [0.15, 0.2) is 0 Å². The van der Waals surface area contributed by atoms with Crippen molar-refractivity contribution in [2.45, 2.75) is 78.6 Å². The molecule has 2 atom stereocenters. The SMILES string of the molecule is Cc1cc(-c2cc(C)c(F)c(C(CC(=O)O)NC(=O)C(CC(C)C)n3cc(CCN4CCC4)c(C(F)(F)F)cc3=O)c2)c(C)cc1C#N. The van der Waals surface area contributed by atoms with Gasteiger partial charge in [-0.3, -0.25) is 14.4 Å². The fourth-order valence-corrected chi connectivity index (χ4v) is 6.11. The summed E-state index contributed by atoms with van der Waals surface area (Å²) in [7, 11) is 0. The molecule has 2 aromatic carbocycles. The van der Waals surface area contributed by atoms with Crippen LogP contribution in [0.25, 0.3) is 11.1 Å². The Balaban J connectivity index is 1.77. The Labute approximate surface area is 277 Å². The van der Waals surface area contributed by atoms with Crippen molar-refractivity contribution < 1.29 is 32.3 Å². The molecule has 0 bridgehead atoms. The molecule has 1 aromatic heterocycles. The van der Waals surface area contributed by atoms with Gasteiger partial charge in [-0.15, -0.1) is 0 Å². The van der Waals surface area contributed by atoms with Crippen molar-refractivity contribution in [2.75, 3.05) is 19.6 Å². The number of nitriles is 1. The first-order valence-electron chi connectivity index (χ1n) is 15.9. The van der Waals surface area contributed by atoms with Gasteiger partial charge in [0.2, 0.25) is 5.91 Å². The number of aryl methyl sites for hydroxylation is 3. The Hall–Kier alpha value is -4.50. The van der Waals surface area contributed by atoms with Crippen molar-refractivity contribution >= 4 is 11.9 Å². The second-order valence-corrected chi connectivity index (χ2v) is 13.0. The van der Waals surface area contributed by atoms with Crippen molar-refractivity contribution in [3.05, 3.63) is 91.6 Å². The number of halogens is 4.